The fourth-order valence-electron chi connectivity index (χ4n) is 3.92. The Hall–Kier alpha value is -4.76. The standard InChI is InChI=1S/C30H26N4O4S/c1-20-8-10-21(11-9-20)18-38-25-13-12-22(14-26(25)37-2)16-32-33-28(35)17-34-19-31-29-24(30(34)36)15-27(39-29)23-6-4-3-5-7-23/h3-16,19H,17-18H2,1-2H3,(H,33,35). The van der Waals surface area contributed by atoms with Crippen LogP contribution >= 0.6 is 11.3 Å². The summed E-state index contributed by atoms with van der Waals surface area (Å²) in [4.78, 5) is 31.4. The molecule has 2 aromatic heterocycles. The number of carbonyl (C=O) groups is 1. The SMILES string of the molecule is COc1cc(C=NNC(=O)Cn2cnc3sc(-c4ccccc4)cc3c2=O)ccc1OCc1ccc(C)cc1. The summed E-state index contributed by atoms with van der Waals surface area (Å²) in [6.45, 7) is 2.25. The van der Waals surface area contributed by atoms with Gasteiger partial charge in [0.1, 0.15) is 18.0 Å². The van der Waals surface area contributed by atoms with Gasteiger partial charge >= 0.3 is 0 Å². The molecule has 1 amide bonds. The van der Waals surface area contributed by atoms with Crippen LogP contribution < -0.4 is 20.5 Å². The number of fused-ring (bicyclic) bond motifs is 1. The van der Waals surface area contributed by atoms with Crippen molar-refractivity contribution in [3.63, 3.8) is 0 Å². The van der Waals surface area contributed by atoms with Gasteiger partial charge in [-0.1, -0.05) is 60.2 Å². The van der Waals surface area contributed by atoms with Crippen molar-refractivity contribution in [1.82, 2.24) is 15.0 Å². The minimum absolute atomic E-state index is 0.204. The summed E-state index contributed by atoms with van der Waals surface area (Å²) in [6.07, 6.45) is 2.89. The van der Waals surface area contributed by atoms with E-state index in [9.17, 15) is 9.59 Å². The number of nitrogens with one attached hydrogen (secondary N) is 1. The Morgan fingerprint density at radius 3 is 2.62 bits per heavy atom. The van der Waals surface area contributed by atoms with Crippen LogP contribution in [0.2, 0.25) is 0 Å². The van der Waals surface area contributed by atoms with Crippen molar-refractivity contribution < 1.29 is 14.3 Å². The molecule has 0 aliphatic rings. The van der Waals surface area contributed by atoms with E-state index in [4.69, 9.17) is 9.47 Å². The molecule has 0 bridgehead atoms. The van der Waals surface area contributed by atoms with Crippen molar-refractivity contribution in [1.29, 1.82) is 0 Å². The van der Waals surface area contributed by atoms with Gasteiger partial charge in [-0.2, -0.15) is 5.10 Å². The average Bonchev–Trinajstić information content (AvgIpc) is 3.40. The van der Waals surface area contributed by atoms with Crippen LogP contribution in [0.25, 0.3) is 20.7 Å². The molecular weight excluding hydrogens is 512 g/mol. The predicted octanol–water partition coefficient (Wildman–Crippen LogP) is 5.17. The fourth-order valence-corrected chi connectivity index (χ4v) is 4.91. The first kappa shape index (κ1) is 25.9. The smallest absolute Gasteiger partial charge is 0.262 e. The summed E-state index contributed by atoms with van der Waals surface area (Å²) < 4.78 is 12.6. The maximum absolute atomic E-state index is 13.0. The van der Waals surface area contributed by atoms with E-state index >= 15 is 0 Å². The summed E-state index contributed by atoms with van der Waals surface area (Å²) in [7, 11) is 1.57. The summed E-state index contributed by atoms with van der Waals surface area (Å²) in [5, 5.41) is 4.51. The van der Waals surface area contributed by atoms with Crippen LogP contribution in [0.3, 0.4) is 0 Å². The van der Waals surface area contributed by atoms with Crippen LogP contribution in [0, 0.1) is 6.92 Å². The van der Waals surface area contributed by atoms with Gasteiger partial charge in [0, 0.05) is 4.88 Å². The number of nitrogens with zero attached hydrogens (tertiary/aromatic N) is 3. The normalized spacial score (nSPS) is 11.1. The third-order valence-corrected chi connectivity index (χ3v) is 7.09. The highest BCUT2D eigenvalue weighted by Crippen LogP contribution is 2.30. The van der Waals surface area contributed by atoms with E-state index in [2.05, 4.69) is 15.5 Å². The zero-order valence-electron chi connectivity index (χ0n) is 21.5. The summed E-state index contributed by atoms with van der Waals surface area (Å²) in [6, 6.07) is 25.1. The summed E-state index contributed by atoms with van der Waals surface area (Å²) in [5.41, 5.74) is 6.16. The lowest BCUT2D eigenvalue weighted by atomic mass is 10.2. The first-order chi connectivity index (χ1) is 19.0. The van der Waals surface area contributed by atoms with Gasteiger partial charge in [0.25, 0.3) is 11.5 Å². The highest BCUT2D eigenvalue weighted by atomic mass is 32.1. The Morgan fingerprint density at radius 1 is 1.05 bits per heavy atom. The Morgan fingerprint density at radius 2 is 1.85 bits per heavy atom. The van der Waals surface area contributed by atoms with Crippen molar-refractivity contribution >= 4 is 33.7 Å². The second kappa shape index (κ2) is 11.7. The van der Waals surface area contributed by atoms with E-state index in [1.807, 2.05) is 73.7 Å². The van der Waals surface area contributed by atoms with E-state index < -0.39 is 5.91 Å². The van der Waals surface area contributed by atoms with Crippen molar-refractivity contribution in [2.75, 3.05) is 7.11 Å². The van der Waals surface area contributed by atoms with Gasteiger partial charge in [-0.25, -0.2) is 10.4 Å². The Bertz CT molecular complexity index is 1690. The van der Waals surface area contributed by atoms with Crippen LogP contribution in [0.4, 0.5) is 0 Å². The number of hydrazone groups is 1. The predicted molar refractivity (Wildman–Crippen MR) is 154 cm³/mol. The van der Waals surface area contributed by atoms with E-state index in [1.165, 1.54) is 34.0 Å². The molecule has 5 rings (SSSR count). The molecule has 0 saturated carbocycles. The summed E-state index contributed by atoms with van der Waals surface area (Å²) >= 11 is 1.44. The Balaban J connectivity index is 1.21. The highest BCUT2D eigenvalue weighted by Gasteiger charge is 2.12. The van der Waals surface area contributed by atoms with Gasteiger partial charge in [-0.3, -0.25) is 14.2 Å². The Kier molecular flexibility index (Phi) is 7.79. The van der Waals surface area contributed by atoms with Gasteiger partial charge in [0.2, 0.25) is 0 Å². The molecular formula is C30H26N4O4S. The van der Waals surface area contributed by atoms with Gasteiger partial charge in [-0.15, -0.1) is 11.3 Å². The lowest BCUT2D eigenvalue weighted by Gasteiger charge is -2.11. The minimum atomic E-state index is -0.446. The van der Waals surface area contributed by atoms with Crippen LogP contribution in [0.5, 0.6) is 11.5 Å². The van der Waals surface area contributed by atoms with Crippen molar-refractivity contribution in [2.24, 2.45) is 5.10 Å². The maximum Gasteiger partial charge on any atom is 0.262 e. The molecule has 0 spiro atoms. The number of aryl methyl sites for hydroxylation is 1. The second-order valence-corrected chi connectivity index (χ2v) is 9.88. The van der Waals surface area contributed by atoms with E-state index in [-0.39, 0.29) is 12.1 Å². The molecule has 0 radical (unpaired) electrons. The minimum Gasteiger partial charge on any atom is -0.493 e. The number of ether oxygens (including phenoxy) is 2. The van der Waals surface area contributed by atoms with E-state index in [0.717, 1.165) is 16.0 Å². The van der Waals surface area contributed by atoms with Crippen molar-refractivity contribution in [3.05, 3.63) is 112 Å². The number of benzene rings is 3. The van der Waals surface area contributed by atoms with Crippen LogP contribution in [-0.4, -0.2) is 28.8 Å². The van der Waals surface area contributed by atoms with Crippen molar-refractivity contribution in [2.45, 2.75) is 20.1 Å². The molecule has 9 heteroatoms. The first-order valence-electron chi connectivity index (χ1n) is 12.2. The number of methoxy groups -OCH3 is 1. The monoisotopic (exact) mass is 538 g/mol. The lowest BCUT2D eigenvalue weighted by molar-refractivity contribution is -0.121. The molecule has 5 aromatic rings. The molecule has 0 aliphatic heterocycles. The van der Waals surface area contributed by atoms with E-state index in [0.29, 0.717) is 33.9 Å². The number of carbonyl (C=O) groups excluding carboxylic acids is 1. The number of rotatable bonds is 9. The van der Waals surface area contributed by atoms with Gasteiger partial charge in [0.05, 0.1) is 25.0 Å². The number of thiophene rings is 1. The van der Waals surface area contributed by atoms with E-state index in [1.54, 1.807) is 19.2 Å². The number of amides is 1. The third kappa shape index (κ3) is 6.22. The van der Waals surface area contributed by atoms with Crippen LogP contribution in [0.1, 0.15) is 16.7 Å². The molecule has 0 unspecified atom stereocenters. The van der Waals surface area contributed by atoms with Gasteiger partial charge in [0.15, 0.2) is 11.5 Å². The summed E-state index contributed by atoms with van der Waals surface area (Å²) in [5.74, 6) is 0.706. The number of hydrogen-bond acceptors (Lipinski definition) is 7. The highest BCUT2D eigenvalue weighted by molar-refractivity contribution is 7.21. The molecule has 0 fully saturated rings. The zero-order chi connectivity index (χ0) is 27.2. The molecule has 1 N–H and O–H groups in total. The molecule has 0 saturated heterocycles. The third-order valence-electron chi connectivity index (χ3n) is 6.00. The fraction of sp³-hybridized carbons (Fsp3) is 0.133. The molecule has 8 nitrogen and oxygen atoms in total. The number of hydrogen-bond donors (Lipinski definition) is 1. The van der Waals surface area contributed by atoms with Crippen LogP contribution in [0.15, 0.2) is 95.1 Å². The van der Waals surface area contributed by atoms with Gasteiger partial charge < -0.3 is 9.47 Å². The zero-order valence-corrected chi connectivity index (χ0v) is 22.3. The largest absolute Gasteiger partial charge is 0.493 e. The second-order valence-electron chi connectivity index (χ2n) is 8.85. The quantitative estimate of drug-likeness (QED) is 0.206. The number of aromatic nitrogens is 2. The molecule has 3 aromatic carbocycles. The Labute approximate surface area is 229 Å². The lowest BCUT2D eigenvalue weighted by Crippen LogP contribution is -2.29. The molecule has 196 valence electrons. The van der Waals surface area contributed by atoms with Crippen molar-refractivity contribution in [3.8, 4) is 21.9 Å². The average molecular weight is 539 g/mol. The van der Waals surface area contributed by atoms with Gasteiger partial charge in [-0.05, 0) is 47.9 Å². The molecule has 39 heavy (non-hydrogen) atoms. The molecule has 0 atom stereocenters. The maximum atomic E-state index is 13.0. The first-order valence-corrected chi connectivity index (χ1v) is 13.0. The topological polar surface area (TPSA) is 94.8 Å². The van der Waals surface area contributed by atoms with Crippen LogP contribution in [-0.2, 0) is 17.9 Å². The molecule has 2 heterocycles. The molecule has 0 aliphatic carbocycles.